The second-order valence-electron chi connectivity index (χ2n) is 7.33. The minimum atomic E-state index is -0.0864. The first-order chi connectivity index (χ1) is 14.0. The van der Waals surface area contributed by atoms with Crippen molar-refractivity contribution in [3.05, 3.63) is 75.5 Å². The molecule has 0 saturated carbocycles. The predicted molar refractivity (Wildman–Crippen MR) is 120 cm³/mol. The van der Waals surface area contributed by atoms with Crippen LogP contribution in [0, 0.1) is 12.8 Å². The van der Waals surface area contributed by atoms with Crippen LogP contribution in [0.15, 0.2) is 59.2 Å². The van der Waals surface area contributed by atoms with Gasteiger partial charge in [-0.05, 0) is 55.7 Å². The third-order valence-electron chi connectivity index (χ3n) is 5.32. The Bertz CT molecular complexity index is 1040. The number of halogens is 2. The van der Waals surface area contributed by atoms with Gasteiger partial charge in [0.1, 0.15) is 0 Å². The smallest absolute Gasteiger partial charge is 0.254 e. The van der Waals surface area contributed by atoms with Crippen LogP contribution < -0.4 is 10.2 Å². The molecule has 0 radical (unpaired) electrons. The molecular weight excluding hydrogens is 452 g/mol. The fourth-order valence-electron chi connectivity index (χ4n) is 3.74. The van der Waals surface area contributed by atoms with Crippen LogP contribution in [0.3, 0.4) is 0 Å². The third kappa shape index (κ3) is 4.49. The molecule has 1 amide bonds. The normalized spacial score (nSPS) is 16.2. The van der Waals surface area contributed by atoms with Crippen molar-refractivity contribution in [3.63, 3.8) is 0 Å². The lowest BCUT2D eigenvalue weighted by atomic mass is 10.1. The van der Waals surface area contributed by atoms with Crippen LogP contribution >= 0.6 is 27.5 Å². The van der Waals surface area contributed by atoms with Crippen molar-refractivity contribution < 1.29 is 4.79 Å². The first-order valence-corrected chi connectivity index (χ1v) is 10.8. The Morgan fingerprint density at radius 1 is 1.24 bits per heavy atom. The predicted octanol–water partition coefficient (Wildman–Crippen LogP) is 4.85. The van der Waals surface area contributed by atoms with E-state index in [2.05, 4.69) is 49.4 Å². The van der Waals surface area contributed by atoms with Crippen molar-refractivity contribution in [3.8, 4) is 5.69 Å². The van der Waals surface area contributed by atoms with Crippen LogP contribution in [-0.2, 0) is 0 Å². The summed E-state index contributed by atoms with van der Waals surface area (Å²) in [6.07, 6.45) is 2.68. The van der Waals surface area contributed by atoms with Gasteiger partial charge in [0.05, 0.1) is 23.1 Å². The molecule has 0 aliphatic carbocycles. The van der Waals surface area contributed by atoms with E-state index in [9.17, 15) is 4.79 Å². The molecule has 1 aliphatic heterocycles. The van der Waals surface area contributed by atoms with Crippen LogP contribution in [-0.4, -0.2) is 35.3 Å². The Balaban J connectivity index is 1.37. The molecule has 1 atom stereocenters. The monoisotopic (exact) mass is 472 g/mol. The Kier molecular flexibility index (Phi) is 5.92. The minimum Gasteiger partial charge on any atom is -0.371 e. The van der Waals surface area contributed by atoms with Crippen molar-refractivity contribution in [2.24, 2.45) is 5.92 Å². The molecular formula is C22H22BrClN4O. The van der Waals surface area contributed by atoms with Gasteiger partial charge in [0.25, 0.3) is 5.91 Å². The van der Waals surface area contributed by atoms with Crippen molar-refractivity contribution in [2.75, 3.05) is 24.5 Å². The molecule has 1 aliphatic rings. The highest BCUT2D eigenvalue weighted by Gasteiger charge is 2.24. The van der Waals surface area contributed by atoms with Gasteiger partial charge in [0.15, 0.2) is 0 Å². The topological polar surface area (TPSA) is 50.2 Å². The van der Waals surface area contributed by atoms with E-state index in [4.69, 9.17) is 11.6 Å². The maximum atomic E-state index is 12.7. The lowest BCUT2D eigenvalue weighted by Gasteiger charge is -2.19. The molecule has 150 valence electrons. The van der Waals surface area contributed by atoms with E-state index >= 15 is 0 Å². The van der Waals surface area contributed by atoms with Gasteiger partial charge in [-0.3, -0.25) is 4.79 Å². The first kappa shape index (κ1) is 20.0. The third-order valence-corrected chi connectivity index (χ3v) is 6.05. The largest absolute Gasteiger partial charge is 0.371 e. The standard InChI is InChI=1S/C22H22BrClN4O/c1-15-21(13-26-28(15)20-7-3-5-18(24)11-20)22(29)25-12-16-8-9-27(14-16)19-6-2-4-17(23)10-19/h2-7,10-11,13,16H,8-9,12,14H2,1H3,(H,25,29). The van der Waals surface area contributed by atoms with Crippen molar-refractivity contribution >= 4 is 39.1 Å². The summed E-state index contributed by atoms with van der Waals surface area (Å²) in [5.41, 5.74) is 3.44. The van der Waals surface area contributed by atoms with Gasteiger partial charge < -0.3 is 10.2 Å². The van der Waals surface area contributed by atoms with E-state index in [0.717, 1.165) is 35.4 Å². The highest BCUT2D eigenvalue weighted by molar-refractivity contribution is 9.10. The summed E-state index contributed by atoms with van der Waals surface area (Å²) in [5, 5.41) is 8.10. The fourth-order valence-corrected chi connectivity index (χ4v) is 4.31. The minimum absolute atomic E-state index is 0.0864. The molecule has 1 fully saturated rings. The molecule has 1 aromatic heterocycles. The molecule has 3 aromatic rings. The highest BCUT2D eigenvalue weighted by Crippen LogP contribution is 2.26. The van der Waals surface area contributed by atoms with Crippen molar-refractivity contribution in [1.82, 2.24) is 15.1 Å². The molecule has 2 heterocycles. The van der Waals surface area contributed by atoms with Gasteiger partial charge >= 0.3 is 0 Å². The number of rotatable bonds is 5. The van der Waals surface area contributed by atoms with Crippen molar-refractivity contribution in [1.29, 1.82) is 0 Å². The second-order valence-corrected chi connectivity index (χ2v) is 8.68. The van der Waals surface area contributed by atoms with Crippen LogP contribution in [0.4, 0.5) is 5.69 Å². The van der Waals surface area contributed by atoms with Crippen LogP contribution in [0.1, 0.15) is 22.5 Å². The fraction of sp³-hybridized carbons (Fsp3) is 0.273. The lowest BCUT2D eigenvalue weighted by molar-refractivity contribution is 0.0947. The number of anilines is 1. The number of nitrogens with one attached hydrogen (secondary N) is 1. The van der Waals surface area contributed by atoms with E-state index in [1.165, 1.54) is 5.69 Å². The zero-order valence-electron chi connectivity index (χ0n) is 16.1. The number of hydrogen-bond acceptors (Lipinski definition) is 3. The lowest BCUT2D eigenvalue weighted by Crippen LogP contribution is -2.31. The van der Waals surface area contributed by atoms with Crippen LogP contribution in [0.25, 0.3) is 5.69 Å². The zero-order valence-corrected chi connectivity index (χ0v) is 18.4. The molecule has 1 saturated heterocycles. The summed E-state index contributed by atoms with van der Waals surface area (Å²) >= 11 is 9.61. The molecule has 1 N–H and O–H groups in total. The summed E-state index contributed by atoms with van der Waals surface area (Å²) in [6, 6.07) is 15.8. The van der Waals surface area contributed by atoms with Gasteiger partial charge in [-0.1, -0.05) is 39.7 Å². The molecule has 2 aromatic carbocycles. The summed E-state index contributed by atoms with van der Waals surface area (Å²) in [7, 11) is 0. The van der Waals surface area contributed by atoms with E-state index in [1.54, 1.807) is 10.9 Å². The first-order valence-electron chi connectivity index (χ1n) is 9.60. The number of benzene rings is 2. The van der Waals surface area contributed by atoms with E-state index in [1.807, 2.05) is 37.3 Å². The Morgan fingerprint density at radius 2 is 2.03 bits per heavy atom. The molecule has 29 heavy (non-hydrogen) atoms. The number of amides is 1. The van der Waals surface area contributed by atoms with Gasteiger partial charge in [-0.15, -0.1) is 0 Å². The van der Waals surface area contributed by atoms with E-state index < -0.39 is 0 Å². The summed E-state index contributed by atoms with van der Waals surface area (Å²) in [5.74, 6) is 0.345. The number of carbonyl (C=O) groups excluding carboxylic acids is 1. The molecule has 1 unspecified atom stereocenters. The number of nitrogens with zero attached hydrogens (tertiary/aromatic N) is 3. The van der Waals surface area contributed by atoms with Crippen LogP contribution in [0.5, 0.6) is 0 Å². The van der Waals surface area contributed by atoms with Crippen molar-refractivity contribution in [2.45, 2.75) is 13.3 Å². The summed E-state index contributed by atoms with van der Waals surface area (Å²) in [4.78, 5) is 15.1. The SMILES string of the molecule is Cc1c(C(=O)NCC2CCN(c3cccc(Br)c3)C2)cnn1-c1cccc(Cl)c1. The number of carbonyl (C=O) groups is 1. The van der Waals surface area contributed by atoms with Crippen LogP contribution in [0.2, 0.25) is 5.02 Å². The summed E-state index contributed by atoms with van der Waals surface area (Å²) in [6.45, 7) is 4.50. The molecule has 7 heteroatoms. The van der Waals surface area contributed by atoms with E-state index in [-0.39, 0.29) is 5.91 Å². The Labute approximate surface area is 183 Å². The Hall–Kier alpha value is -2.31. The quantitative estimate of drug-likeness (QED) is 0.576. The average Bonchev–Trinajstić information content (AvgIpc) is 3.33. The molecule has 0 bridgehead atoms. The Morgan fingerprint density at radius 3 is 2.83 bits per heavy atom. The highest BCUT2D eigenvalue weighted by atomic mass is 79.9. The van der Waals surface area contributed by atoms with E-state index in [0.29, 0.717) is 23.0 Å². The molecule has 5 nitrogen and oxygen atoms in total. The maximum Gasteiger partial charge on any atom is 0.254 e. The number of hydrogen-bond donors (Lipinski definition) is 1. The second kappa shape index (κ2) is 8.59. The van der Waals surface area contributed by atoms with Gasteiger partial charge in [-0.25, -0.2) is 4.68 Å². The van der Waals surface area contributed by atoms with Gasteiger partial charge in [0.2, 0.25) is 0 Å². The number of aromatic nitrogens is 2. The summed E-state index contributed by atoms with van der Waals surface area (Å²) < 4.78 is 2.82. The molecule has 0 spiro atoms. The van der Waals surface area contributed by atoms with Gasteiger partial charge in [0, 0.05) is 34.8 Å². The van der Waals surface area contributed by atoms with Gasteiger partial charge in [-0.2, -0.15) is 5.10 Å². The zero-order chi connectivity index (χ0) is 20.4. The molecule has 4 rings (SSSR count). The maximum absolute atomic E-state index is 12.7. The average molecular weight is 474 g/mol.